The molecule has 14 nitrogen and oxygen atoms in total. The van der Waals surface area contributed by atoms with Crippen LogP contribution in [0.3, 0.4) is 0 Å². The Hall–Kier alpha value is -3.40. The van der Waals surface area contributed by atoms with Gasteiger partial charge >= 0.3 is 6.16 Å². The molecule has 0 radical (unpaired) electrons. The van der Waals surface area contributed by atoms with Crippen LogP contribution in [-0.2, 0) is 40.3 Å². The molecule has 3 amide bonds. The Morgan fingerprint density at radius 2 is 1.76 bits per heavy atom. The van der Waals surface area contributed by atoms with Crippen molar-refractivity contribution in [1.82, 2.24) is 19.9 Å². The van der Waals surface area contributed by atoms with Crippen LogP contribution in [0.2, 0.25) is 0 Å². The molecule has 2 aliphatic rings. The number of piperidine rings is 1. The van der Waals surface area contributed by atoms with Gasteiger partial charge in [0, 0.05) is 31.3 Å². The summed E-state index contributed by atoms with van der Waals surface area (Å²) >= 11 is 0. The second kappa shape index (κ2) is 17.7. The first kappa shape index (κ1) is 41.0. The molecule has 4 N–H and O–H groups in total. The van der Waals surface area contributed by atoms with E-state index in [9.17, 15) is 27.6 Å². The lowest BCUT2D eigenvalue weighted by molar-refractivity contribution is -0.139. The van der Waals surface area contributed by atoms with Crippen molar-refractivity contribution < 1.29 is 37.1 Å². The highest BCUT2D eigenvalue weighted by molar-refractivity contribution is 7.88. The topological polar surface area (TPSA) is 190 Å². The molecule has 3 rings (SSSR count). The first-order chi connectivity index (χ1) is 23.2. The van der Waals surface area contributed by atoms with Crippen LogP contribution < -0.4 is 15.9 Å². The fourth-order valence-corrected chi connectivity index (χ4v) is 6.93. The van der Waals surface area contributed by atoms with Crippen LogP contribution in [-0.4, -0.2) is 105 Å². The number of aliphatic imine (C=N–C) groups is 1. The van der Waals surface area contributed by atoms with Crippen LogP contribution in [0.15, 0.2) is 35.3 Å². The van der Waals surface area contributed by atoms with Crippen LogP contribution in [0.25, 0.3) is 0 Å². The highest BCUT2D eigenvalue weighted by atomic mass is 32.2. The first-order valence-corrected chi connectivity index (χ1v) is 19.2. The Labute approximate surface area is 296 Å². The molecular formula is C35H56N6O8S. The van der Waals surface area contributed by atoms with Gasteiger partial charge in [-0.1, -0.05) is 65.0 Å². The van der Waals surface area contributed by atoms with Crippen LogP contribution in [0.5, 0.6) is 0 Å². The number of likely N-dealkylation sites (tertiary alicyclic amines) is 1. The summed E-state index contributed by atoms with van der Waals surface area (Å²) in [5, 5.41) is 4.62. The number of sulfonamides is 1. The summed E-state index contributed by atoms with van der Waals surface area (Å²) in [5.74, 6) is 5.20. The molecule has 50 heavy (non-hydrogen) atoms. The van der Waals surface area contributed by atoms with Crippen molar-refractivity contribution in [3.8, 4) is 0 Å². The predicted molar refractivity (Wildman–Crippen MR) is 190 cm³/mol. The van der Waals surface area contributed by atoms with Crippen molar-refractivity contribution in [1.29, 1.82) is 0 Å². The number of nitrogens with one attached hydrogen (secondary N) is 2. The molecule has 2 fully saturated rings. The van der Waals surface area contributed by atoms with Gasteiger partial charge in [-0.2, -0.15) is 0 Å². The van der Waals surface area contributed by atoms with Crippen molar-refractivity contribution >= 4 is 40.1 Å². The summed E-state index contributed by atoms with van der Waals surface area (Å²) in [5.41, 5.74) is -0.310. The normalized spacial score (nSPS) is 21.8. The van der Waals surface area contributed by atoms with Gasteiger partial charge in [0.05, 0.1) is 18.9 Å². The fraction of sp³-hybridized carbons (Fsp3) is 0.686. The minimum atomic E-state index is -3.69. The van der Waals surface area contributed by atoms with E-state index in [1.165, 1.54) is 4.90 Å². The third-order valence-corrected chi connectivity index (χ3v) is 9.51. The third-order valence-electron chi connectivity index (χ3n) is 8.80. The van der Waals surface area contributed by atoms with Gasteiger partial charge in [-0.25, -0.2) is 27.9 Å². The molecule has 0 aromatic heterocycles. The Morgan fingerprint density at radius 3 is 2.40 bits per heavy atom. The van der Waals surface area contributed by atoms with Gasteiger partial charge in [-0.05, 0) is 62.3 Å². The summed E-state index contributed by atoms with van der Waals surface area (Å²) in [6.07, 6.45) is 3.99. The van der Waals surface area contributed by atoms with Gasteiger partial charge in [0.15, 0.2) is 0 Å². The molecule has 0 spiro atoms. The number of rotatable bonds is 14. The average molecular weight is 721 g/mol. The summed E-state index contributed by atoms with van der Waals surface area (Å²) < 4.78 is 37.2. The number of nitrogens with zero attached hydrogens (tertiary/aromatic N) is 3. The predicted octanol–water partition coefficient (Wildman–Crippen LogP) is 2.81. The number of nitrogens with two attached hydrogens (primary N) is 1. The summed E-state index contributed by atoms with van der Waals surface area (Å²) in [6.45, 7) is 12.5. The minimum absolute atomic E-state index is 0.0501. The molecule has 2 saturated heterocycles. The second-order valence-electron chi connectivity index (χ2n) is 15.5. The van der Waals surface area contributed by atoms with Gasteiger partial charge < -0.3 is 19.7 Å². The van der Waals surface area contributed by atoms with E-state index in [2.05, 4.69) is 15.0 Å². The summed E-state index contributed by atoms with van der Waals surface area (Å²) in [7, 11) is -3.69. The quantitative estimate of drug-likeness (QED) is 0.146. The van der Waals surface area contributed by atoms with Crippen molar-refractivity contribution in [2.75, 3.05) is 32.5 Å². The fourth-order valence-electron chi connectivity index (χ4n) is 6.23. The molecule has 15 heteroatoms. The highest BCUT2D eigenvalue weighted by Crippen LogP contribution is 2.27. The van der Waals surface area contributed by atoms with Gasteiger partial charge in [0.25, 0.3) is 5.91 Å². The first-order valence-electron chi connectivity index (χ1n) is 17.3. The molecule has 1 aromatic rings. The Bertz CT molecular complexity index is 1460. The highest BCUT2D eigenvalue weighted by Gasteiger charge is 2.38. The molecular weight excluding hydrogens is 664 g/mol. The molecule has 5 atom stereocenters. The molecule has 0 saturated carbocycles. The lowest BCUT2D eigenvalue weighted by atomic mass is 9.86. The van der Waals surface area contributed by atoms with E-state index in [1.54, 1.807) is 32.0 Å². The number of carbonyl (C=O) groups excluding carboxylic acids is 4. The van der Waals surface area contributed by atoms with E-state index in [1.807, 2.05) is 51.1 Å². The lowest BCUT2D eigenvalue weighted by Gasteiger charge is -2.35. The van der Waals surface area contributed by atoms with Crippen molar-refractivity contribution in [2.45, 2.75) is 104 Å². The zero-order valence-electron chi connectivity index (χ0n) is 30.5. The molecule has 2 aliphatic heterocycles. The summed E-state index contributed by atoms with van der Waals surface area (Å²) in [4.78, 5) is 57.9. The maximum atomic E-state index is 13.6. The number of carbonyl (C=O) groups is 4. The van der Waals surface area contributed by atoms with Gasteiger partial charge in [-0.3, -0.25) is 20.2 Å². The molecule has 0 aliphatic carbocycles. The number of hydrogen-bond acceptors (Lipinski definition) is 10. The molecule has 1 aromatic carbocycles. The lowest BCUT2D eigenvalue weighted by Crippen LogP contribution is -2.55. The molecule has 2 heterocycles. The van der Waals surface area contributed by atoms with E-state index < -0.39 is 45.7 Å². The maximum Gasteiger partial charge on any atom is 0.508 e. The van der Waals surface area contributed by atoms with E-state index in [-0.39, 0.29) is 48.6 Å². The average Bonchev–Trinajstić information content (AvgIpc) is 3.51. The second-order valence-corrected chi connectivity index (χ2v) is 17.2. The Morgan fingerprint density at radius 1 is 1.08 bits per heavy atom. The standard InChI is InChI=1S/C35H56N6O8S/c1-24(49-33(45)48-23-34(2,3)4)20-35(5,6)32(44)38-22-27-18-26(15-17-41(27)36)21-37-30(42)29-14-11-16-40(29)31(43)28(39-50(7,46)47)19-25-12-9-8-10-13-25/h8-10,12-13,22,24,26-29,39H,11,14-21,23,36H2,1-7H3,(H,37,42)/t24?,26?,27?,28-,29+/m1/s1. The molecule has 280 valence electrons. The number of hydrogen-bond donors (Lipinski definition) is 3. The van der Waals surface area contributed by atoms with Gasteiger partial charge in [0.2, 0.25) is 21.8 Å². The van der Waals surface area contributed by atoms with Gasteiger partial charge in [0.1, 0.15) is 18.2 Å². The molecule has 0 bridgehead atoms. The molecule has 3 unspecified atom stereocenters. The number of ether oxygens (including phenoxy) is 2. The largest absolute Gasteiger partial charge is 0.508 e. The minimum Gasteiger partial charge on any atom is -0.434 e. The van der Waals surface area contributed by atoms with Crippen molar-refractivity contribution in [3.05, 3.63) is 35.9 Å². The van der Waals surface area contributed by atoms with Crippen LogP contribution in [0.4, 0.5) is 4.79 Å². The number of hydrazine groups is 1. The van der Waals surface area contributed by atoms with E-state index in [4.69, 9.17) is 15.3 Å². The maximum absolute atomic E-state index is 13.6. The van der Waals surface area contributed by atoms with E-state index >= 15 is 0 Å². The zero-order valence-corrected chi connectivity index (χ0v) is 31.3. The van der Waals surface area contributed by atoms with Crippen LogP contribution in [0, 0.1) is 16.7 Å². The van der Waals surface area contributed by atoms with Crippen LogP contribution in [0.1, 0.15) is 79.2 Å². The monoisotopic (exact) mass is 720 g/mol. The third kappa shape index (κ3) is 13.4. The SMILES string of the molecule is CC(CC(C)(C)C(=O)N=CC1CC(CNC(=O)[C@@H]2CCCN2C(=O)[C@@H](Cc2ccccc2)NS(C)(=O)=O)CCN1N)OC(=O)OCC(C)(C)C. The van der Waals surface area contributed by atoms with Crippen molar-refractivity contribution in [3.63, 3.8) is 0 Å². The van der Waals surface area contributed by atoms with E-state index in [0.717, 1.165) is 11.8 Å². The Balaban J connectivity index is 1.54. The summed E-state index contributed by atoms with van der Waals surface area (Å²) in [6, 6.07) is 7.05. The zero-order chi connectivity index (χ0) is 37.3. The van der Waals surface area contributed by atoms with Gasteiger partial charge in [-0.15, -0.1) is 0 Å². The Kier molecular flexibility index (Phi) is 14.5. The number of benzene rings is 1. The smallest absolute Gasteiger partial charge is 0.434 e. The number of amides is 3. The van der Waals surface area contributed by atoms with E-state index in [0.29, 0.717) is 45.3 Å². The van der Waals surface area contributed by atoms with Crippen molar-refractivity contribution in [2.24, 2.45) is 27.6 Å². The van der Waals surface area contributed by atoms with Crippen LogP contribution >= 0.6 is 0 Å².